The Labute approximate surface area is 111 Å². The second-order valence-electron chi connectivity index (χ2n) is 4.08. The number of methoxy groups -OCH3 is 1. The van der Waals surface area contributed by atoms with Gasteiger partial charge >= 0.3 is 5.97 Å². The number of hydrogen-bond donors (Lipinski definition) is 0. The fourth-order valence-corrected chi connectivity index (χ4v) is 3.51. The van der Waals surface area contributed by atoms with Crippen molar-refractivity contribution < 1.29 is 22.7 Å². The van der Waals surface area contributed by atoms with Gasteiger partial charge in [0.2, 0.25) is 10.0 Å². The summed E-state index contributed by atoms with van der Waals surface area (Å²) in [4.78, 5) is 23.1. The second kappa shape index (κ2) is 5.10. The normalized spacial score (nSPS) is 18.5. The van der Waals surface area contributed by atoms with Gasteiger partial charge in [-0.15, -0.1) is 0 Å². The van der Waals surface area contributed by atoms with Gasteiger partial charge < -0.3 is 4.74 Å². The van der Waals surface area contributed by atoms with Crippen molar-refractivity contribution in [3.05, 3.63) is 29.8 Å². The Morgan fingerprint density at radius 3 is 2.74 bits per heavy atom. The molecule has 0 fully saturated rings. The largest absolute Gasteiger partial charge is 0.468 e. The number of rotatable bonds is 2. The van der Waals surface area contributed by atoms with Crippen LogP contribution in [0.4, 0.5) is 0 Å². The molecule has 19 heavy (non-hydrogen) atoms. The fraction of sp³-hybridized carbons (Fsp3) is 0.333. The van der Waals surface area contributed by atoms with Crippen molar-refractivity contribution in [2.24, 2.45) is 0 Å². The van der Waals surface area contributed by atoms with Crippen LogP contribution >= 0.6 is 0 Å². The first-order valence-electron chi connectivity index (χ1n) is 5.66. The summed E-state index contributed by atoms with van der Waals surface area (Å²) in [6.07, 6.45) is 0.0488. The highest BCUT2D eigenvalue weighted by molar-refractivity contribution is 7.89. The number of ketones is 1. The van der Waals surface area contributed by atoms with Gasteiger partial charge in [-0.05, 0) is 6.07 Å². The van der Waals surface area contributed by atoms with E-state index in [4.69, 9.17) is 0 Å². The summed E-state index contributed by atoms with van der Waals surface area (Å²) in [5.41, 5.74) is 0.176. The van der Waals surface area contributed by atoms with E-state index in [1.807, 2.05) is 0 Å². The van der Waals surface area contributed by atoms with Crippen LogP contribution in [0.25, 0.3) is 0 Å². The standard InChI is InChI=1S/C12H13NO5S/c1-18-12(15)8-13-7-6-10(14)9-4-2-3-5-11(9)19(13,16)17/h2-5H,6-8H2,1H3. The van der Waals surface area contributed by atoms with Gasteiger partial charge in [0, 0.05) is 18.5 Å². The van der Waals surface area contributed by atoms with Crippen LogP contribution in [0.3, 0.4) is 0 Å². The Morgan fingerprint density at radius 2 is 2.05 bits per heavy atom. The lowest BCUT2D eigenvalue weighted by Gasteiger charge is -2.18. The maximum atomic E-state index is 12.4. The van der Waals surface area contributed by atoms with Crippen LogP contribution in [-0.2, 0) is 19.6 Å². The van der Waals surface area contributed by atoms with E-state index in [9.17, 15) is 18.0 Å². The lowest BCUT2D eigenvalue weighted by atomic mass is 10.1. The van der Waals surface area contributed by atoms with E-state index in [-0.39, 0.29) is 35.8 Å². The Kier molecular flexibility index (Phi) is 3.68. The van der Waals surface area contributed by atoms with Crippen molar-refractivity contribution in [1.82, 2.24) is 4.31 Å². The number of sulfonamides is 1. The summed E-state index contributed by atoms with van der Waals surface area (Å²) in [6.45, 7) is -0.411. The molecule has 0 saturated heterocycles. The minimum Gasteiger partial charge on any atom is -0.468 e. The molecule has 1 aliphatic heterocycles. The molecule has 0 amide bonds. The smallest absolute Gasteiger partial charge is 0.321 e. The van der Waals surface area contributed by atoms with Crippen LogP contribution in [0.5, 0.6) is 0 Å². The van der Waals surface area contributed by atoms with E-state index in [0.29, 0.717) is 0 Å². The minimum atomic E-state index is -3.85. The molecular formula is C12H13NO5S. The van der Waals surface area contributed by atoms with Gasteiger partial charge in [-0.25, -0.2) is 8.42 Å². The molecule has 0 atom stereocenters. The Bertz CT molecular complexity index is 623. The highest BCUT2D eigenvalue weighted by Crippen LogP contribution is 2.25. The molecule has 0 bridgehead atoms. The molecule has 1 aliphatic rings. The lowest BCUT2D eigenvalue weighted by Crippen LogP contribution is -2.36. The Balaban J connectivity index is 2.48. The van der Waals surface area contributed by atoms with Gasteiger partial charge in [0.25, 0.3) is 0 Å². The molecule has 0 aromatic heterocycles. The molecule has 0 aliphatic carbocycles. The van der Waals surface area contributed by atoms with Gasteiger partial charge in [-0.1, -0.05) is 18.2 Å². The Hall–Kier alpha value is -1.73. The van der Waals surface area contributed by atoms with Gasteiger partial charge in [0.1, 0.15) is 6.54 Å². The van der Waals surface area contributed by atoms with E-state index < -0.39 is 16.0 Å². The Morgan fingerprint density at radius 1 is 1.37 bits per heavy atom. The number of hydrogen-bond acceptors (Lipinski definition) is 5. The van der Waals surface area contributed by atoms with Crippen LogP contribution < -0.4 is 0 Å². The zero-order chi connectivity index (χ0) is 14.0. The maximum Gasteiger partial charge on any atom is 0.321 e. The van der Waals surface area contributed by atoms with E-state index in [1.54, 1.807) is 12.1 Å². The van der Waals surface area contributed by atoms with Crippen molar-refractivity contribution in [2.75, 3.05) is 20.2 Å². The van der Waals surface area contributed by atoms with Crippen LogP contribution in [-0.4, -0.2) is 44.7 Å². The number of carbonyl (C=O) groups excluding carboxylic acids is 2. The van der Waals surface area contributed by atoms with Crippen LogP contribution in [0.2, 0.25) is 0 Å². The molecular weight excluding hydrogens is 270 g/mol. The van der Waals surface area contributed by atoms with Crippen molar-refractivity contribution in [3.63, 3.8) is 0 Å². The van der Waals surface area contributed by atoms with Crippen LogP contribution in [0.1, 0.15) is 16.8 Å². The molecule has 7 heteroatoms. The summed E-state index contributed by atoms with van der Waals surface area (Å²) < 4.78 is 30.2. The lowest BCUT2D eigenvalue weighted by molar-refractivity contribution is -0.140. The van der Waals surface area contributed by atoms with Crippen molar-refractivity contribution >= 4 is 21.8 Å². The monoisotopic (exact) mass is 283 g/mol. The zero-order valence-corrected chi connectivity index (χ0v) is 11.1. The molecule has 1 aromatic carbocycles. The van der Waals surface area contributed by atoms with E-state index in [2.05, 4.69) is 4.74 Å². The molecule has 0 saturated carbocycles. The number of benzene rings is 1. The number of carbonyl (C=O) groups is 2. The molecule has 0 unspecified atom stereocenters. The SMILES string of the molecule is COC(=O)CN1CCC(=O)c2ccccc2S1(=O)=O. The third kappa shape index (κ3) is 2.52. The molecule has 1 aromatic rings. The summed E-state index contributed by atoms with van der Waals surface area (Å²) >= 11 is 0. The zero-order valence-electron chi connectivity index (χ0n) is 10.3. The second-order valence-corrected chi connectivity index (χ2v) is 5.99. The van der Waals surface area contributed by atoms with Crippen LogP contribution in [0, 0.1) is 0 Å². The number of ether oxygens (including phenoxy) is 1. The topological polar surface area (TPSA) is 80.8 Å². The first-order valence-corrected chi connectivity index (χ1v) is 7.10. The van der Waals surface area contributed by atoms with E-state index in [1.165, 1.54) is 19.2 Å². The van der Waals surface area contributed by atoms with Crippen molar-refractivity contribution in [2.45, 2.75) is 11.3 Å². The summed E-state index contributed by atoms with van der Waals surface area (Å²) in [7, 11) is -2.66. The number of Topliss-reactive ketones (excluding diaryl/α,β-unsaturated/α-hetero) is 1. The average molecular weight is 283 g/mol. The molecule has 0 N–H and O–H groups in total. The fourth-order valence-electron chi connectivity index (χ4n) is 1.91. The summed E-state index contributed by atoms with van der Waals surface area (Å²) in [5, 5.41) is 0. The highest BCUT2D eigenvalue weighted by Gasteiger charge is 2.33. The predicted molar refractivity (Wildman–Crippen MR) is 66.2 cm³/mol. The molecule has 2 rings (SSSR count). The first-order chi connectivity index (χ1) is 8.96. The molecule has 6 nitrogen and oxygen atoms in total. The number of nitrogens with zero attached hydrogens (tertiary/aromatic N) is 1. The van der Waals surface area contributed by atoms with E-state index in [0.717, 1.165) is 4.31 Å². The highest BCUT2D eigenvalue weighted by atomic mass is 32.2. The molecule has 0 radical (unpaired) electrons. The molecule has 102 valence electrons. The first kappa shape index (κ1) is 13.7. The van der Waals surface area contributed by atoms with Gasteiger partial charge in [-0.2, -0.15) is 4.31 Å². The molecule has 1 heterocycles. The number of fused-ring (bicyclic) bond motifs is 1. The third-order valence-electron chi connectivity index (χ3n) is 2.93. The van der Waals surface area contributed by atoms with E-state index >= 15 is 0 Å². The third-order valence-corrected chi connectivity index (χ3v) is 4.83. The van der Waals surface area contributed by atoms with Crippen molar-refractivity contribution in [3.8, 4) is 0 Å². The van der Waals surface area contributed by atoms with Gasteiger partial charge in [0.15, 0.2) is 5.78 Å². The number of esters is 1. The minimum absolute atomic E-state index is 0.0229. The quantitative estimate of drug-likeness (QED) is 0.736. The summed E-state index contributed by atoms with van der Waals surface area (Å²) in [5.74, 6) is -0.901. The van der Waals surface area contributed by atoms with Crippen molar-refractivity contribution in [1.29, 1.82) is 0 Å². The maximum absolute atomic E-state index is 12.4. The average Bonchev–Trinajstić information content (AvgIpc) is 2.50. The van der Waals surface area contributed by atoms with Crippen LogP contribution in [0.15, 0.2) is 29.2 Å². The summed E-state index contributed by atoms with van der Waals surface area (Å²) in [6, 6.07) is 6.02. The van der Waals surface area contributed by atoms with Gasteiger partial charge in [0.05, 0.1) is 12.0 Å². The van der Waals surface area contributed by atoms with Gasteiger partial charge in [-0.3, -0.25) is 9.59 Å². The molecule has 0 spiro atoms. The predicted octanol–water partition coefficient (Wildman–Crippen LogP) is 0.437.